The summed E-state index contributed by atoms with van der Waals surface area (Å²) in [5.74, 6) is -0.374. The molecule has 0 spiro atoms. The molecule has 0 bridgehead atoms. The fourth-order valence-electron chi connectivity index (χ4n) is 1.89. The summed E-state index contributed by atoms with van der Waals surface area (Å²) < 4.78 is 0. The van der Waals surface area contributed by atoms with E-state index in [9.17, 15) is 14.4 Å². The van der Waals surface area contributed by atoms with Crippen molar-refractivity contribution in [2.75, 3.05) is 4.90 Å². The van der Waals surface area contributed by atoms with Gasteiger partial charge in [0.2, 0.25) is 11.8 Å². The highest BCUT2D eigenvalue weighted by atomic mass is 16.2. The van der Waals surface area contributed by atoms with E-state index >= 15 is 0 Å². The molecule has 0 aromatic heterocycles. The van der Waals surface area contributed by atoms with Crippen LogP contribution in [0.2, 0.25) is 0 Å². The molecule has 1 aliphatic rings. The molecule has 1 heterocycles. The molecular formula is C13H13NO3. The third kappa shape index (κ3) is 2.25. The van der Waals surface area contributed by atoms with Crippen LogP contribution < -0.4 is 4.90 Å². The highest BCUT2D eigenvalue weighted by Crippen LogP contribution is 2.22. The molecule has 1 aromatic rings. The van der Waals surface area contributed by atoms with Gasteiger partial charge in [-0.3, -0.25) is 19.3 Å². The Morgan fingerprint density at radius 1 is 1.06 bits per heavy atom. The number of anilines is 1. The monoisotopic (exact) mass is 231 g/mol. The molecular weight excluding hydrogens is 218 g/mol. The number of hydrogen-bond acceptors (Lipinski definition) is 3. The summed E-state index contributed by atoms with van der Waals surface area (Å²) in [6.07, 6.45) is 1.43. The van der Waals surface area contributed by atoms with Gasteiger partial charge in [-0.1, -0.05) is 0 Å². The second-order valence-corrected chi connectivity index (χ2v) is 4.08. The Labute approximate surface area is 99.2 Å². The van der Waals surface area contributed by atoms with Gasteiger partial charge in [-0.2, -0.15) is 0 Å². The molecule has 0 saturated carbocycles. The summed E-state index contributed by atoms with van der Waals surface area (Å²) in [5.41, 5.74) is 1.12. The van der Waals surface area contributed by atoms with E-state index in [0.717, 1.165) is 0 Å². The largest absolute Gasteiger partial charge is 0.295 e. The Morgan fingerprint density at radius 2 is 1.59 bits per heavy atom. The minimum Gasteiger partial charge on any atom is -0.295 e. The Hall–Kier alpha value is -1.97. The van der Waals surface area contributed by atoms with Gasteiger partial charge in [-0.15, -0.1) is 0 Å². The number of carbonyl (C=O) groups is 3. The number of nitrogens with zero attached hydrogens (tertiary/aromatic N) is 1. The first kappa shape index (κ1) is 11.5. The topological polar surface area (TPSA) is 54.5 Å². The van der Waals surface area contributed by atoms with Gasteiger partial charge >= 0.3 is 0 Å². The summed E-state index contributed by atoms with van der Waals surface area (Å²) in [7, 11) is 0. The molecule has 4 nitrogen and oxygen atoms in total. The van der Waals surface area contributed by atoms with E-state index in [1.807, 2.05) is 0 Å². The minimum absolute atomic E-state index is 0.0344. The van der Waals surface area contributed by atoms with E-state index in [2.05, 4.69) is 0 Å². The van der Waals surface area contributed by atoms with Crippen LogP contribution in [0.4, 0.5) is 5.69 Å². The van der Waals surface area contributed by atoms with E-state index in [4.69, 9.17) is 0 Å². The van der Waals surface area contributed by atoms with Crippen molar-refractivity contribution < 1.29 is 14.4 Å². The Balaban J connectivity index is 2.29. The third-order valence-corrected chi connectivity index (χ3v) is 2.81. The molecule has 4 heteroatoms. The molecule has 1 aliphatic heterocycles. The van der Waals surface area contributed by atoms with Crippen LogP contribution in [-0.4, -0.2) is 17.6 Å². The van der Waals surface area contributed by atoms with Crippen LogP contribution >= 0.6 is 0 Å². The predicted octanol–water partition coefficient (Wildman–Crippen LogP) is 1.93. The predicted molar refractivity (Wildman–Crippen MR) is 62.8 cm³/mol. The summed E-state index contributed by atoms with van der Waals surface area (Å²) in [4.78, 5) is 35.6. The number of benzene rings is 1. The molecule has 0 aliphatic carbocycles. The smallest absolute Gasteiger partial charge is 0.233 e. The van der Waals surface area contributed by atoms with Crippen LogP contribution in [0.1, 0.15) is 36.5 Å². The molecule has 17 heavy (non-hydrogen) atoms. The lowest BCUT2D eigenvalue weighted by molar-refractivity contribution is -0.129. The average Bonchev–Trinajstić information content (AvgIpc) is 2.29. The van der Waals surface area contributed by atoms with Crippen molar-refractivity contribution in [3.8, 4) is 0 Å². The van der Waals surface area contributed by atoms with Gasteiger partial charge in [0.1, 0.15) is 0 Å². The van der Waals surface area contributed by atoms with Crippen LogP contribution in [0.15, 0.2) is 24.3 Å². The van der Waals surface area contributed by atoms with Gasteiger partial charge in [-0.05, 0) is 37.6 Å². The Bertz CT molecular complexity index is 460. The number of hydrogen-bond donors (Lipinski definition) is 0. The molecule has 2 amide bonds. The fraction of sp³-hybridized carbons (Fsp3) is 0.308. The second kappa shape index (κ2) is 4.49. The van der Waals surface area contributed by atoms with Crippen LogP contribution in [0.3, 0.4) is 0 Å². The molecule has 0 N–H and O–H groups in total. The molecule has 0 radical (unpaired) electrons. The van der Waals surface area contributed by atoms with Gasteiger partial charge < -0.3 is 0 Å². The highest BCUT2D eigenvalue weighted by Gasteiger charge is 2.27. The number of piperidine rings is 1. The second-order valence-electron chi connectivity index (χ2n) is 4.08. The summed E-state index contributed by atoms with van der Waals surface area (Å²) in [6.45, 7) is 1.48. The lowest BCUT2D eigenvalue weighted by Gasteiger charge is -2.24. The van der Waals surface area contributed by atoms with Gasteiger partial charge in [0.05, 0.1) is 5.69 Å². The normalized spacial score (nSPS) is 16.2. The number of imide groups is 1. The lowest BCUT2D eigenvalue weighted by Crippen LogP contribution is -2.40. The van der Waals surface area contributed by atoms with Crippen molar-refractivity contribution >= 4 is 23.3 Å². The molecule has 1 aromatic carbocycles. The molecule has 2 rings (SSSR count). The number of amides is 2. The molecule has 0 unspecified atom stereocenters. The third-order valence-electron chi connectivity index (χ3n) is 2.81. The SMILES string of the molecule is CC(=O)c1ccc(N2C(=O)CCCC2=O)cc1. The van der Waals surface area contributed by atoms with Gasteiger partial charge in [0.25, 0.3) is 0 Å². The van der Waals surface area contributed by atoms with Crippen LogP contribution in [0.25, 0.3) is 0 Å². The van der Waals surface area contributed by atoms with Gasteiger partial charge in [0, 0.05) is 18.4 Å². The van der Waals surface area contributed by atoms with Crippen molar-refractivity contribution in [1.29, 1.82) is 0 Å². The van der Waals surface area contributed by atoms with Crippen LogP contribution in [-0.2, 0) is 9.59 Å². The maximum atomic E-state index is 11.7. The Kier molecular flexibility index (Phi) is 3.04. The van der Waals surface area contributed by atoms with Crippen molar-refractivity contribution in [2.24, 2.45) is 0 Å². The summed E-state index contributed by atoms with van der Waals surface area (Å²) in [5, 5.41) is 0. The standard InChI is InChI=1S/C13H13NO3/c1-9(15)10-5-7-11(8-6-10)14-12(16)3-2-4-13(14)17/h5-8H,2-4H2,1H3. The van der Waals surface area contributed by atoms with E-state index < -0.39 is 0 Å². The fourth-order valence-corrected chi connectivity index (χ4v) is 1.89. The maximum Gasteiger partial charge on any atom is 0.233 e. The van der Waals surface area contributed by atoms with Gasteiger partial charge in [-0.25, -0.2) is 0 Å². The number of rotatable bonds is 2. The first-order chi connectivity index (χ1) is 8.09. The summed E-state index contributed by atoms with van der Waals surface area (Å²) in [6, 6.07) is 6.54. The number of ketones is 1. The highest BCUT2D eigenvalue weighted by molar-refractivity contribution is 6.16. The van der Waals surface area contributed by atoms with Crippen LogP contribution in [0.5, 0.6) is 0 Å². The van der Waals surface area contributed by atoms with Crippen molar-refractivity contribution in [1.82, 2.24) is 0 Å². The van der Waals surface area contributed by atoms with E-state index in [-0.39, 0.29) is 17.6 Å². The quantitative estimate of drug-likeness (QED) is 0.577. The first-order valence-corrected chi connectivity index (χ1v) is 5.56. The lowest BCUT2D eigenvalue weighted by atomic mass is 10.1. The molecule has 0 atom stereocenters. The zero-order valence-corrected chi connectivity index (χ0v) is 9.60. The van der Waals surface area contributed by atoms with Gasteiger partial charge in [0.15, 0.2) is 5.78 Å². The van der Waals surface area contributed by atoms with E-state index in [1.165, 1.54) is 11.8 Å². The molecule has 88 valence electrons. The first-order valence-electron chi connectivity index (χ1n) is 5.56. The maximum absolute atomic E-state index is 11.7. The average molecular weight is 231 g/mol. The number of Topliss-reactive ketones (excluding diaryl/α,β-unsaturated/α-hetero) is 1. The van der Waals surface area contributed by atoms with E-state index in [0.29, 0.717) is 30.5 Å². The Morgan fingerprint density at radius 3 is 2.06 bits per heavy atom. The van der Waals surface area contributed by atoms with E-state index in [1.54, 1.807) is 24.3 Å². The van der Waals surface area contributed by atoms with Crippen molar-refractivity contribution in [3.63, 3.8) is 0 Å². The van der Waals surface area contributed by atoms with Crippen LogP contribution in [0, 0.1) is 0 Å². The van der Waals surface area contributed by atoms with Crippen molar-refractivity contribution in [2.45, 2.75) is 26.2 Å². The zero-order valence-electron chi connectivity index (χ0n) is 9.60. The number of carbonyl (C=O) groups excluding carboxylic acids is 3. The molecule has 1 fully saturated rings. The minimum atomic E-state index is -0.170. The zero-order chi connectivity index (χ0) is 12.4. The molecule has 1 saturated heterocycles. The summed E-state index contributed by atoms with van der Waals surface area (Å²) >= 11 is 0. The van der Waals surface area contributed by atoms with Crippen molar-refractivity contribution in [3.05, 3.63) is 29.8 Å².